The molecule has 0 aromatic rings. The molecule has 0 N–H and O–H groups in total. The van der Waals surface area contributed by atoms with E-state index in [0.29, 0.717) is 12.3 Å². The molecule has 0 fully saturated rings. The predicted molar refractivity (Wildman–Crippen MR) is 34.2 cm³/mol. The van der Waals surface area contributed by atoms with E-state index in [2.05, 4.69) is 12.6 Å². The van der Waals surface area contributed by atoms with E-state index in [9.17, 15) is 0 Å². The molecule has 0 bridgehead atoms. The number of allylic oxidation sites excluding steroid dienone is 1. The highest BCUT2D eigenvalue weighted by atomic mass is 14.2. The Morgan fingerprint density at radius 2 is 2.50 bits per heavy atom. The average Bonchev–Trinajstić information content (AvgIpc) is 1.68. The fourth-order valence-corrected chi connectivity index (χ4v) is 0.524. The highest BCUT2D eigenvalue weighted by Gasteiger charge is 1.94. The third-order valence-corrected chi connectivity index (χ3v) is 1.01. The molecule has 0 aromatic heterocycles. The van der Waals surface area contributed by atoms with Crippen molar-refractivity contribution in [3.05, 3.63) is 12.7 Å². The van der Waals surface area contributed by atoms with Crippen LogP contribution < -0.4 is 0 Å². The van der Waals surface area contributed by atoms with Gasteiger partial charge in [0, 0.05) is 6.42 Å². The first-order valence-corrected chi connectivity index (χ1v) is 2.79. The van der Waals surface area contributed by atoms with Crippen molar-refractivity contribution < 1.29 is 0 Å². The standard InChI is InChI=1S/C7H11N/c1-3-4-7(2)5-6-8/h3,7H,1,4-5H2,2H3/t7-/m1/s1. The maximum atomic E-state index is 8.18. The van der Waals surface area contributed by atoms with Crippen molar-refractivity contribution in [3.8, 4) is 6.07 Å². The maximum absolute atomic E-state index is 8.18. The third-order valence-electron chi connectivity index (χ3n) is 1.01. The normalized spacial score (nSPS) is 12.0. The van der Waals surface area contributed by atoms with Crippen molar-refractivity contribution in [2.75, 3.05) is 0 Å². The van der Waals surface area contributed by atoms with Crippen molar-refractivity contribution >= 4 is 0 Å². The first-order chi connectivity index (χ1) is 3.81. The van der Waals surface area contributed by atoms with Crippen LogP contribution in [0.1, 0.15) is 19.8 Å². The molecule has 0 amide bonds. The van der Waals surface area contributed by atoms with E-state index in [1.54, 1.807) is 0 Å². The summed E-state index contributed by atoms with van der Waals surface area (Å²) in [6, 6.07) is 2.10. The summed E-state index contributed by atoms with van der Waals surface area (Å²) in [5, 5.41) is 8.18. The smallest absolute Gasteiger partial charge is 0.0624 e. The van der Waals surface area contributed by atoms with E-state index in [1.165, 1.54) is 0 Å². The number of nitrogens with zero attached hydrogens (tertiary/aromatic N) is 1. The van der Waals surface area contributed by atoms with Gasteiger partial charge in [0.1, 0.15) is 0 Å². The van der Waals surface area contributed by atoms with Gasteiger partial charge in [0.15, 0.2) is 0 Å². The number of rotatable bonds is 3. The molecule has 0 aliphatic rings. The fraction of sp³-hybridized carbons (Fsp3) is 0.571. The highest BCUT2D eigenvalue weighted by molar-refractivity contribution is 4.78. The summed E-state index contributed by atoms with van der Waals surface area (Å²) in [5.74, 6) is 0.484. The zero-order chi connectivity index (χ0) is 6.41. The summed E-state index contributed by atoms with van der Waals surface area (Å²) >= 11 is 0. The SMILES string of the molecule is C=CC[C@@H](C)CC#N. The molecule has 0 saturated carbocycles. The molecule has 0 saturated heterocycles. The van der Waals surface area contributed by atoms with E-state index in [0.717, 1.165) is 6.42 Å². The lowest BCUT2D eigenvalue weighted by molar-refractivity contribution is 0.610. The molecule has 0 unspecified atom stereocenters. The van der Waals surface area contributed by atoms with Gasteiger partial charge in [-0.25, -0.2) is 0 Å². The van der Waals surface area contributed by atoms with Crippen molar-refractivity contribution in [2.45, 2.75) is 19.8 Å². The number of hydrogen-bond acceptors (Lipinski definition) is 1. The van der Waals surface area contributed by atoms with Crippen LogP contribution >= 0.6 is 0 Å². The molecule has 0 rings (SSSR count). The molecule has 8 heavy (non-hydrogen) atoms. The van der Waals surface area contributed by atoms with E-state index in [4.69, 9.17) is 5.26 Å². The van der Waals surface area contributed by atoms with Crippen LogP contribution in [0.4, 0.5) is 0 Å². The summed E-state index contributed by atoms with van der Waals surface area (Å²) < 4.78 is 0. The van der Waals surface area contributed by atoms with Gasteiger partial charge in [0.2, 0.25) is 0 Å². The molecule has 0 aromatic carbocycles. The van der Waals surface area contributed by atoms with Gasteiger partial charge in [0.25, 0.3) is 0 Å². The van der Waals surface area contributed by atoms with Crippen LogP contribution in [0.2, 0.25) is 0 Å². The molecule has 0 heterocycles. The van der Waals surface area contributed by atoms with E-state index >= 15 is 0 Å². The second kappa shape index (κ2) is 4.39. The Hall–Kier alpha value is -0.770. The zero-order valence-electron chi connectivity index (χ0n) is 5.22. The van der Waals surface area contributed by atoms with E-state index in [1.807, 2.05) is 13.0 Å². The van der Waals surface area contributed by atoms with Crippen molar-refractivity contribution in [3.63, 3.8) is 0 Å². The molecular weight excluding hydrogens is 98.1 g/mol. The van der Waals surface area contributed by atoms with Crippen molar-refractivity contribution in [1.82, 2.24) is 0 Å². The van der Waals surface area contributed by atoms with Gasteiger partial charge >= 0.3 is 0 Å². The Morgan fingerprint density at radius 3 is 2.88 bits per heavy atom. The van der Waals surface area contributed by atoms with Gasteiger partial charge in [-0.3, -0.25) is 0 Å². The second-order valence-corrected chi connectivity index (χ2v) is 1.99. The lowest BCUT2D eigenvalue weighted by Gasteiger charge is -1.98. The lowest BCUT2D eigenvalue weighted by Crippen LogP contribution is -1.88. The monoisotopic (exact) mass is 109 g/mol. The van der Waals surface area contributed by atoms with Gasteiger partial charge < -0.3 is 0 Å². The van der Waals surface area contributed by atoms with Crippen LogP contribution in [-0.2, 0) is 0 Å². The van der Waals surface area contributed by atoms with Crippen LogP contribution in [0.25, 0.3) is 0 Å². The zero-order valence-corrected chi connectivity index (χ0v) is 5.22. The summed E-state index contributed by atoms with van der Waals surface area (Å²) in [5.41, 5.74) is 0. The Morgan fingerprint density at radius 1 is 1.88 bits per heavy atom. The third kappa shape index (κ3) is 3.42. The topological polar surface area (TPSA) is 23.8 Å². The lowest BCUT2D eigenvalue weighted by atomic mass is 10.1. The first kappa shape index (κ1) is 7.23. The summed E-state index contributed by atoms with van der Waals surface area (Å²) in [4.78, 5) is 0. The minimum Gasteiger partial charge on any atom is -0.198 e. The average molecular weight is 109 g/mol. The van der Waals surface area contributed by atoms with Gasteiger partial charge in [-0.05, 0) is 12.3 Å². The van der Waals surface area contributed by atoms with E-state index < -0.39 is 0 Å². The largest absolute Gasteiger partial charge is 0.198 e. The first-order valence-electron chi connectivity index (χ1n) is 2.79. The van der Waals surface area contributed by atoms with Gasteiger partial charge in [-0.15, -0.1) is 6.58 Å². The number of nitriles is 1. The molecule has 44 valence electrons. The molecule has 0 aliphatic carbocycles. The van der Waals surface area contributed by atoms with Crippen LogP contribution in [0.3, 0.4) is 0 Å². The molecule has 1 heteroatoms. The Bertz CT molecular complexity index is 99.4. The summed E-state index contributed by atoms with van der Waals surface area (Å²) in [6.07, 6.45) is 3.45. The summed E-state index contributed by atoms with van der Waals surface area (Å²) in [7, 11) is 0. The number of hydrogen-bond donors (Lipinski definition) is 0. The second-order valence-electron chi connectivity index (χ2n) is 1.99. The van der Waals surface area contributed by atoms with Gasteiger partial charge in [-0.1, -0.05) is 13.0 Å². The Labute approximate surface area is 50.6 Å². The molecule has 0 aliphatic heterocycles. The minimum absolute atomic E-state index is 0.484. The molecule has 0 radical (unpaired) electrons. The van der Waals surface area contributed by atoms with Gasteiger partial charge in [-0.2, -0.15) is 5.26 Å². The van der Waals surface area contributed by atoms with Crippen LogP contribution in [0.15, 0.2) is 12.7 Å². The van der Waals surface area contributed by atoms with Crippen LogP contribution in [0, 0.1) is 17.2 Å². The predicted octanol–water partition coefficient (Wildman–Crippen LogP) is 2.11. The molecule has 1 atom stereocenters. The van der Waals surface area contributed by atoms with Crippen LogP contribution in [-0.4, -0.2) is 0 Å². The van der Waals surface area contributed by atoms with Crippen molar-refractivity contribution in [1.29, 1.82) is 5.26 Å². The Kier molecular flexibility index (Phi) is 3.97. The summed E-state index contributed by atoms with van der Waals surface area (Å²) in [6.45, 7) is 5.62. The molecular formula is C7H11N. The highest BCUT2D eigenvalue weighted by Crippen LogP contribution is 2.04. The minimum atomic E-state index is 0.484. The molecule has 1 nitrogen and oxygen atoms in total. The van der Waals surface area contributed by atoms with E-state index in [-0.39, 0.29) is 0 Å². The maximum Gasteiger partial charge on any atom is 0.0624 e. The van der Waals surface area contributed by atoms with Crippen LogP contribution in [0.5, 0.6) is 0 Å². The molecule has 0 spiro atoms. The fourth-order valence-electron chi connectivity index (χ4n) is 0.524. The van der Waals surface area contributed by atoms with Gasteiger partial charge in [0.05, 0.1) is 6.07 Å². The Balaban J connectivity index is 3.20. The quantitative estimate of drug-likeness (QED) is 0.509. The van der Waals surface area contributed by atoms with Crippen molar-refractivity contribution in [2.24, 2.45) is 5.92 Å².